The summed E-state index contributed by atoms with van der Waals surface area (Å²) in [5.41, 5.74) is 1.16. The van der Waals surface area contributed by atoms with Crippen LogP contribution in [0.5, 0.6) is 0 Å². The van der Waals surface area contributed by atoms with Crippen molar-refractivity contribution < 1.29 is 12.9 Å². The summed E-state index contributed by atoms with van der Waals surface area (Å²) in [6.45, 7) is 3.46. The molecule has 98 valence electrons. The molecular weight excluding hydrogens is 256 g/mol. The SMILES string of the molecule is Cc1cc(CS(=O)(=O)NC(C)c2cn[nH]c2)no1. The Kier molecular flexibility index (Phi) is 3.48. The zero-order valence-corrected chi connectivity index (χ0v) is 10.9. The van der Waals surface area contributed by atoms with Crippen LogP contribution in [0.3, 0.4) is 0 Å². The molecule has 0 spiro atoms. The number of H-pyrrole nitrogens is 1. The lowest BCUT2D eigenvalue weighted by Crippen LogP contribution is -2.28. The smallest absolute Gasteiger partial charge is 0.218 e. The molecule has 0 amide bonds. The zero-order valence-electron chi connectivity index (χ0n) is 10.0. The quantitative estimate of drug-likeness (QED) is 0.840. The molecule has 2 aromatic heterocycles. The number of aromatic amines is 1. The highest BCUT2D eigenvalue weighted by Gasteiger charge is 2.18. The van der Waals surface area contributed by atoms with E-state index in [0.29, 0.717) is 11.5 Å². The molecule has 0 saturated carbocycles. The van der Waals surface area contributed by atoms with Crippen LogP contribution in [0.4, 0.5) is 0 Å². The minimum Gasteiger partial charge on any atom is -0.361 e. The van der Waals surface area contributed by atoms with Crippen LogP contribution in [0.15, 0.2) is 23.0 Å². The fraction of sp³-hybridized carbons (Fsp3) is 0.400. The molecule has 2 heterocycles. The van der Waals surface area contributed by atoms with Crippen molar-refractivity contribution in [3.8, 4) is 0 Å². The van der Waals surface area contributed by atoms with Crippen molar-refractivity contribution in [1.29, 1.82) is 0 Å². The van der Waals surface area contributed by atoms with E-state index in [4.69, 9.17) is 4.52 Å². The second-order valence-corrected chi connectivity index (χ2v) is 5.81. The standard InChI is InChI=1S/C10H14N4O3S/c1-7-3-10(13-17-7)6-18(15,16)14-8(2)9-4-11-12-5-9/h3-5,8,14H,6H2,1-2H3,(H,11,12). The van der Waals surface area contributed by atoms with Crippen molar-refractivity contribution in [3.63, 3.8) is 0 Å². The summed E-state index contributed by atoms with van der Waals surface area (Å²) in [4.78, 5) is 0. The zero-order chi connectivity index (χ0) is 13.2. The fourth-order valence-corrected chi connectivity index (χ4v) is 2.84. The van der Waals surface area contributed by atoms with Crippen molar-refractivity contribution in [2.24, 2.45) is 0 Å². The van der Waals surface area contributed by atoms with Gasteiger partial charge in [-0.1, -0.05) is 5.16 Å². The van der Waals surface area contributed by atoms with E-state index >= 15 is 0 Å². The number of aryl methyl sites for hydroxylation is 1. The molecule has 7 nitrogen and oxygen atoms in total. The maximum Gasteiger partial charge on any atom is 0.218 e. The maximum absolute atomic E-state index is 11.9. The molecule has 0 fully saturated rings. The van der Waals surface area contributed by atoms with Crippen LogP contribution >= 0.6 is 0 Å². The van der Waals surface area contributed by atoms with Gasteiger partial charge in [-0.3, -0.25) is 5.10 Å². The lowest BCUT2D eigenvalue weighted by molar-refractivity contribution is 0.392. The van der Waals surface area contributed by atoms with Gasteiger partial charge < -0.3 is 4.52 Å². The highest BCUT2D eigenvalue weighted by Crippen LogP contribution is 2.13. The third kappa shape index (κ3) is 3.17. The molecule has 0 saturated heterocycles. The van der Waals surface area contributed by atoms with E-state index in [2.05, 4.69) is 20.1 Å². The van der Waals surface area contributed by atoms with E-state index in [0.717, 1.165) is 5.56 Å². The maximum atomic E-state index is 11.9. The summed E-state index contributed by atoms with van der Waals surface area (Å²) in [5.74, 6) is 0.384. The Morgan fingerprint density at radius 2 is 2.33 bits per heavy atom. The predicted molar refractivity (Wildman–Crippen MR) is 64.0 cm³/mol. The van der Waals surface area contributed by atoms with Crippen LogP contribution < -0.4 is 4.72 Å². The lowest BCUT2D eigenvalue weighted by Gasteiger charge is -2.11. The highest BCUT2D eigenvalue weighted by atomic mass is 32.2. The molecule has 0 bridgehead atoms. The van der Waals surface area contributed by atoms with Gasteiger partial charge in [-0.25, -0.2) is 13.1 Å². The molecule has 18 heavy (non-hydrogen) atoms. The number of hydrogen-bond donors (Lipinski definition) is 2. The number of aromatic nitrogens is 3. The number of hydrogen-bond acceptors (Lipinski definition) is 5. The molecule has 1 atom stereocenters. The van der Waals surface area contributed by atoms with Gasteiger partial charge in [0, 0.05) is 23.9 Å². The van der Waals surface area contributed by atoms with E-state index in [1.807, 2.05) is 0 Å². The van der Waals surface area contributed by atoms with Crippen molar-refractivity contribution in [2.45, 2.75) is 25.6 Å². The molecule has 0 aromatic carbocycles. The number of nitrogens with zero attached hydrogens (tertiary/aromatic N) is 2. The lowest BCUT2D eigenvalue weighted by atomic mass is 10.2. The Hall–Kier alpha value is -1.67. The normalized spacial score (nSPS) is 13.7. The Labute approximate surface area is 105 Å². The first-order chi connectivity index (χ1) is 8.46. The van der Waals surface area contributed by atoms with Gasteiger partial charge in [-0.2, -0.15) is 5.10 Å². The molecule has 0 aliphatic rings. The summed E-state index contributed by atoms with van der Waals surface area (Å²) >= 11 is 0. The van der Waals surface area contributed by atoms with Gasteiger partial charge in [-0.15, -0.1) is 0 Å². The van der Waals surface area contributed by atoms with E-state index in [1.54, 1.807) is 32.3 Å². The van der Waals surface area contributed by atoms with E-state index in [9.17, 15) is 8.42 Å². The summed E-state index contributed by atoms with van der Waals surface area (Å²) in [5, 5.41) is 10.1. The third-order valence-electron chi connectivity index (χ3n) is 2.39. The summed E-state index contributed by atoms with van der Waals surface area (Å²) in [7, 11) is -3.46. The first kappa shape index (κ1) is 12.8. The second kappa shape index (κ2) is 4.91. The van der Waals surface area contributed by atoms with E-state index < -0.39 is 10.0 Å². The van der Waals surface area contributed by atoms with Gasteiger partial charge in [0.05, 0.1) is 6.20 Å². The van der Waals surface area contributed by atoms with Crippen LogP contribution in [0, 0.1) is 6.92 Å². The second-order valence-electron chi connectivity index (χ2n) is 4.06. The Morgan fingerprint density at radius 3 is 2.89 bits per heavy atom. The van der Waals surface area contributed by atoms with Crippen LogP contribution in [0.2, 0.25) is 0 Å². The topological polar surface area (TPSA) is 101 Å². The minimum absolute atomic E-state index is 0.202. The molecule has 0 radical (unpaired) electrons. The largest absolute Gasteiger partial charge is 0.361 e. The van der Waals surface area contributed by atoms with Gasteiger partial charge in [0.15, 0.2) is 0 Å². The first-order valence-electron chi connectivity index (χ1n) is 5.37. The highest BCUT2D eigenvalue weighted by molar-refractivity contribution is 7.88. The van der Waals surface area contributed by atoms with Crippen LogP contribution in [-0.2, 0) is 15.8 Å². The monoisotopic (exact) mass is 270 g/mol. The Bertz CT molecular complexity index is 603. The molecule has 8 heteroatoms. The van der Waals surface area contributed by atoms with Crippen LogP contribution in [0.25, 0.3) is 0 Å². The minimum atomic E-state index is -3.46. The number of sulfonamides is 1. The van der Waals surface area contributed by atoms with Crippen LogP contribution in [-0.4, -0.2) is 23.8 Å². The Balaban J connectivity index is 2.03. The van der Waals surface area contributed by atoms with Gasteiger partial charge in [0.25, 0.3) is 0 Å². The molecule has 0 aliphatic carbocycles. The van der Waals surface area contributed by atoms with Gasteiger partial charge in [0.1, 0.15) is 17.2 Å². The fourth-order valence-electron chi connectivity index (χ4n) is 1.56. The predicted octanol–water partition coefficient (Wildman–Crippen LogP) is 0.887. The average Bonchev–Trinajstić information content (AvgIpc) is 2.88. The molecular formula is C10H14N4O3S. The average molecular weight is 270 g/mol. The first-order valence-corrected chi connectivity index (χ1v) is 7.02. The molecule has 2 rings (SSSR count). The van der Waals surface area contributed by atoms with Crippen molar-refractivity contribution in [2.75, 3.05) is 0 Å². The Morgan fingerprint density at radius 1 is 1.56 bits per heavy atom. The summed E-state index contributed by atoms with van der Waals surface area (Å²) in [6.07, 6.45) is 3.22. The van der Waals surface area contributed by atoms with Crippen molar-refractivity contribution in [3.05, 3.63) is 35.5 Å². The number of rotatable bonds is 5. The van der Waals surface area contributed by atoms with E-state index in [-0.39, 0.29) is 11.8 Å². The summed E-state index contributed by atoms with van der Waals surface area (Å²) < 4.78 is 31.2. The molecule has 2 N–H and O–H groups in total. The third-order valence-corrected chi connectivity index (χ3v) is 3.78. The molecule has 0 aliphatic heterocycles. The van der Waals surface area contributed by atoms with Gasteiger partial charge in [-0.05, 0) is 13.8 Å². The van der Waals surface area contributed by atoms with Crippen LogP contribution in [0.1, 0.15) is 30.0 Å². The molecule has 1 unspecified atom stereocenters. The molecule has 2 aromatic rings. The number of nitrogens with one attached hydrogen (secondary N) is 2. The summed E-state index contributed by atoms with van der Waals surface area (Å²) in [6, 6.07) is 1.25. The van der Waals surface area contributed by atoms with Gasteiger partial charge in [0.2, 0.25) is 10.0 Å². The van der Waals surface area contributed by atoms with Crippen molar-refractivity contribution in [1.82, 2.24) is 20.1 Å². The van der Waals surface area contributed by atoms with Crippen molar-refractivity contribution >= 4 is 10.0 Å². The van der Waals surface area contributed by atoms with Gasteiger partial charge >= 0.3 is 0 Å². The van der Waals surface area contributed by atoms with E-state index in [1.165, 1.54) is 0 Å².